The van der Waals surface area contributed by atoms with Crippen LogP contribution in [0.4, 0.5) is 5.82 Å². The Morgan fingerprint density at radius 3 is 2.71 bits per heavy atom. The van der Waals surface area contributed by atoms with Crippen LogP contribution in [0.25, 0.3) is 0 Å². The van der Waals surface area contributed by atoms with E-state index in [0.29, 0.717) is 48.6 Å². The van der Waals surface area contributed by atoms with Crippen molar-refractivity contribution in [2.45, 2.75) is 70.3 Å². The highest BCUT2D eigenvalue weighted by molar-refractivity contribution is 7.93. The van der Waals surface area contributed by atoms with E-state index in [1.165, 1.54) is 22.6 Å². The summed E-state index contributed by atoms with van der Waals surface area (Å²) in [5.41, 5.74) is 2.56. The first-order chi connectivity index (χ1) is 23.5. The van der Waals surface area contributed by atoms with Crippen LogP contribution in [-0.4, -0.2) is 62.4 Å². The maximum Gasteiger partial charge on any atom is 0.305 e. The van der Waals surface area contributed by atoms with Crippen molar-refractivity contribution >= 4 is 39.1 Å². The molecule has 6 rings (SSSR count). The van der Waals surface area contributed by atoms with Gasteiger partial charge >= 0.3 is 5.91 Å². The molecule has 262 valence electrons. The van der Waals surface area contributed by atoms with Gasteiger partial charge in [0.05, 0.1) is 29.7 Å². The van der Waals surface area contributed by atoms with Gasteiger partial charge in [-0.2, -0.15) is 5.10 Å². The Bertz CT molecular complexity index is 1850. The molecular weight excluding hydrogens is 664 g/mol. The Kier molecular flexibility index (Phi) is 10.8. The van der Waals surface area contributed by atoms with Crippen LogP contribution in [0.2, 0.25) is 5.02 Å². The monoisotopic (exact) mass is 708 g/mol. The molecule has 0 spiro atoms. The first kappa shape index (κ1) is 35.1. The highest BCUT2D eigenvalue weighted by Crippen LogP contribution is 2.41. The predicted octanol–water partition coefficient (Wildman–Crippen LogP) is 6.17. The van der Waals surface area contributed by atoms with E-state index >= 15 is 0 Å². The average molecular weight is 709 g/mol. The lowest BCUT2D eigenvalue weighted by atomic mass is 9.70. The molecule has 1 aromatic carbocycles. The predicted molar refractivity (Wildman–Crippen MR) is 190 cm³/mol. The van der Waals surface area contributed by atoms with Gasteiger partial charge in [-0.05, 0) is 98.6 Å². The zero-order chi connectivity index (χ0) is 34.7. The molecule has 4 heterocycles. The van der Waals surface area contributed by atoms with E-state index in [2.05, 4.69) is 37.3 Å². The highest BCUT2D eigenvalue weighted by atomic mass is 35.5. The number of benzene rings is 1. The summed E-state index contributed by atoms with van der Waals surface area (Å²) < 4.78 is 35.4. The molecule has 0 radical (unpaired) electrons. The molecule has 3 aliphatic rings. The van der Waals surface area contributed by atoms with Gasteiger partial charge in [0, 0.05) is 38.5 Å². The van der Waals surface area contributed by atoms with E-state index in [0.717, 1.165) is 37.7 Å². The zero-order valence-corrected chi connectivity index (χ0v) is 30.1. The number of anilines is 1. The standard InChI is InChI=1S/C36H45ClN6O5S/c1-23-8-7-10-32(47-4)30-14-12-27(30)22-43-21-26-11-13-29(37)18-25(26)9-5-6-17-48-33-16-15-31(39-34(33)43)36(45)41-49(46,24(23)2)40-35(44)28-19-38-42(3)20-28/h7,10-11,13,15-16,18-20,23-24,27,30,32H,5-6,8-9,12,14,17,21-22H2,1-4H3,(H,40,41,44,45,46)/b10-7+/t23-,24+,27-,30+,32-,49?/m0/s1. The van der Waals surface area contributed by atoms with Gasteiger partial charge in [-0.15, -0.1) is 4.36 Å². The number of halogens is 1. The quantitative estimate of drug-likeness (QED) is 0.320. The van der Waals surface area contributed by atoms with Crippen molar-refractivity contribution < 1.29 is 23.3 Å². The lowest BCUT2D eigenvalue weighted by Crippen LogP contribution is -2.43. The smallest absolute Gasteiger partial charge is 0.305 e. The zero-order valence-electron chi connectivity index (χ0n) is 28.5. The summed E-state index contributed by atoms with van der Waals surface area (Å²) in [6, 6.07) is 9.34. The third-order valence-electron chi connectivity index (χ3n) is 10.2. The summed E-state index contributed by atoms with van der Waals surface area (Å²) in [5.74, 6) is 0.109. The Morgan fingerprint density at radius 2 is 1.98 bits per heavy atom. The van der Waals surface area contributed by atoms with Gasteiger partial charge in [-0.25, -0.2) is 9.19 Å². The molecule has 0 saturated heterocycles. The fraction of sp³-hybridized carbons (Fsp3) is 0.500. The number of ether oxygens (including phenoxy) is 2. The molecule has 2 aromatic heterocycles. The Morgan fingerprint density at radius 1 is 1.14 bits per heavy atom. The molecule has 49 heavy (non-hydrogen) atoms. The van der Waals surface area contributed by atoms with Crippen LogP contribution in [0.15, 0.2) is 59.2 Å². The van der Waals surface area contributed by atoms with E-state index < -0.39 is 27.0 Å². The number of methoxy groups -OCH3 is 1. The minimum atomic E-state index is -3.64. The van der Waals surface area contributed by atoms with Crippen molar-refractivity contribution in [2.24, 2.45) is 29.2 Å². The summed E-state index contributed by atoms with van der Waals surface area (Å²) in [4.78, 5) is 34.4. The summed E-state index contributed by atoms with van der Waals surface area (Å²) in [5, 5.41) is 4.07. The number of aromatic nitrogens is 3. The number of carbonyl (C=O) groups is 2. The lowest BCUT2D eigenvalue weighted by molar-refractivity contribution is 0.0133. The fourth-order valence-corrected chi connectivity index (χ4v) is 8.93. The molecule has 13 heteroatoms. The molecule has 11 nitrogen and oxygen atoms in total. The molecule has 1 fully saturated rings. The number of hydrogen-bond donors (Lipinski definition) is 1. The number of nitrogens with one attached hydrogen (secondary N) is 1. The van der Waals surface area contributed by atoms with E-state index in [1.54, 1.807) is 33.2 Å². The highest BCUT2D eigenvalue weighted by Gasteiger charge is 2.38. The first-order valence-electron chi connectivity index (χ1n) is 17.0. The molecule has 1 saturated carbocycles. The van der Waals surface area contributed by atoms with Crippen LogP contribution >= 0.6 is 11.6 Å². The van der Waals surface area contributed by atoms with Crippen LogP contribution in [0.5, 0.6) is 5.75 Å². The molecule has 2 aliphatic heterocycles. The van der Waals surface area contributed by atoms with Crippen LogP contribution in [0.3, 0.4) is 0 Å². The van der Waals surface area contributed by atoms with E-state index in [9.17, 15) is 13.8 Å². The van der Waals surface area contributed by atoms with Crippen molar-refractivity contribution in [2.75, 3.05) is 25.2 Å². The van der Waals surface area contributed by atoms with Gasteiger partial charge < -0.3 is 14.4 Å². The Labute approximate surface area is 293 Å². The van der Waals surface area contributed by atoms with Gasteiger partial charge in [0.25, 0.3) is 5.91 Å². The normalized spacial score (nSPS) is 28.4. The second-order valence-electron chi connectivity index (χ2n) is 13.5. The van der Waals surface area contributed by atoms with Gasteiger partial charge in [-0.1, -0.05) is 36.7 Å². The second kappa shape index (κ2) is 15.0. The Balaban J connectivity index is 1.48. The summed E-state index contributed by atoms with van der Waals surface area (Å²) in [6.07, 6.45) is 12.2. The van der Waals surface area contributed by atoms with E-state index in [1.807, 2.05) is 19.1 Å². The summed E-state index contributed by atoms with van der Waals surface area (Å²) >= 11 is 6.45. The van der Waals surface area contributed by atoms with E-state index in [4.69, 9.17) is 26.1 Å². The van der Waals surface area contributed by atoms with E-state index in [-0.39, 0.29) is 29.2 Å². The van der Waals surface area contributed by atoms with Crippen molar-refractivity contribution in [3.8, 4) is 5.75 Å². The number of nitrogens with zero attached hydrogens (tertiary/aromatic N) is 5. The first-order valence-corrected chi connectivity index (χ1v) is 19.0. The molecule has 3 aromatic rings. The third-order valence-corrected chi connectivity index (χ3v) is 12.8. The maximum atomic E-state index is 14.7. The van der Waals surface area contributed by atoms with Gasteiger partial charge in [-0.3, -0.25) is 19.0 Å². The largest absolute Gasteiger partial charge is 0.490 e. The fourth-order valence-electron chi connectivity index (χ4n) is 6.87. The molecule has 1 aliphatic carbocycles. The number of aryl methyl sites for hydroxylation is 2. The average Bonchev–Trinajstić information content (AvgIpc) is 3.50. The van der Waals surface area contributed by atoms with Crippen LogP contribution in [0.1, 0.15) is 77.9 Å². The van der Waals surface area contributed by atoms with Crippen molar-refractivity contribution in [1.29, 1.82) is 0 Å². The molecule has 6 atom stereocenters. The van der Waals surface area contributed by atoms with Gasteiger partial charge in [0.15, 0.2) is 11.6 Å². The second-order valence-corrected chi connectivity index (χ2v) is 16.2. The van der Waals surface area contributed by atoms with Crippen molar-refractivity contribution in [1.82, 2.24) is 19.5 Å². The third kappa shape index (κ3) is 7.86. The van der Waals surface area contributed by atoms with Crippen molar-refractivity contribution in [3.05, 3.63) is 82.3 Å². The Hall–Kier alpha value is -3.74. The summed E-state index contributed by atoms with van der Waals surface area (Å²) in [7, 11) is -0.214. The molecule has 1 unspecified atom stereocenters. The lowest BCUT2D eigenvalue weighted by Gasteiger charge is -2.43. The minimum Gasteiger partial charge on any atom is -0.490 e. The van der Waals surface area contributed by atoms with Gasteiger partial charge in [0.1, 0.15) is 15.6 Å². The number of rotatable bonds is 3. The summed E-state index contributed by atoms with van der Waals surface area (Å²) in [6.45, 7) is 5.39. The van der Waals surface area contributed by atoms with Crippen LogP contribution in [0, 0.1) is 17.8 Å². The SMILES string of the molecule is CO[C@H]1/C=C/C[C@H](C)[C@@H](C)S(=O)(NC(=O)c2cnn(C)c2)=NC(=O)c2ccc3c(n2)N(Cc2ccc(Cl)cc2CCCCO3)C[C@@H]2CC[C@H]21. The number of carbonyl (C=O) groups excluding carboxylic acids is 2. The number of hydrogen-bond acceptors (Lipinski definition) is 8. The van der Waals surface area contributed by atoms with Gasteiger partial charge in [0.2, 0.25) is 0 Å². The molecule has 2 amide bonds. The topological polar surface area (TPSA) is 128 Å². The maximum absolute atomic E-state index is 14.7. The minimum absolute atomic E-state index is 0.0219. The number of allylic oxidation sites excluding steroid dienone is 1. The number of fused-ring (bicyclic) bond motifs is 3. The molecule has 1 N–H and O–H groups in total. The number of pyridine rings is 1. The van der Waals surface area contributed by atoms with Crippen LogP contribution < -0.4 is 14.4 Å². The molecule has 2 bridgehead atoms. The van der Waals surface area contributed by atoms with Crippen molar-refractivity contribution in [3.63, 3.8) is 0 Å². The molecular formula is C36H45ClN6O5S. The van der Waals surface area contributed by atoms with Crippen LogP contribution in [-0.2, 0) is 34.7 Å². The number of amides is 2.